The largest absolute Gasteiger partial charge is 0.0991 e. The van der Waals surface area contributed by atoms with Gasteiger partial charge in [-0.15, -0.1) is 0 Å². The normalized spacial score (nSPS) is 12.1. The maximum absolute atomic E-state index is 3.61. The summed E-state index contributed by atoms with van der Waals surface area (Å²) in [7, 11) is 0. The van der Waals surface area contributed by atoms with E-state index in [-0.39, 0.29) is 0 Å². The molecule has 0 saturated carbocycles. The highest BCUT2D eigenvalue weighted by Gasteiger charge is 1.79. The van der Waals surface area contributed by atoms with Gasteiger partial charge in [0.25, 0.3) is 0 Å². The molecule has 0 bridgehead atoms. The van der Waals surface area contributed by atoms with Crippen molar-refractivity contribution < 1.29 is 0 Å². The number of hydrogen-bond acceptors (Lipinski definition) is 0. The van der Waals surface area contributed by atoms with E-state index in [4.69, 9.17) is 0 Å². The third-order valence-electron chi connectivity index (χ3n) is 1.86. The van der Waals surface area contributed by atoms with Crippen LogP contribution in [0.3, 0.4) is 0 Å². The molecule has 0 amide bonds. The molecule has 0 aromatic carbocycles. The highest BCUT2D eigenvalue weighted by Crippen LogP contribution is 1.99. The van der Waals surface area contributed by atoms with Crippen molar-refractivity contribution in [2.75, 3.05) is 0 Å². The van der Waals surface area contributed by atoms with Gasteiger partial charge in [0.2, 0.25) is 0 Å². The second kappa shape index (κ2) is 12.0. The Kier molecular flexibility index (Phi) is 11.1. The molecule has 14 heavy (non-hydrogen) atoms. The molecule has 0 N–H and O–H groups in total. The molecule has 0 unspecified atom stereocenters. The lowest BCUT2D eigenvalue weighted by Gasteiger charge is -1.89. The third-order valence-corrected chi connectivity index (χ3v) is 1.86. The molecule has 0 aliphatic rings. The zero-order valence-electron chi connectivity index (χ0n) is 9.28. The van der Waals surface area contributed by atoms with Crippen molar-refractivity contribution in [3.05, 3.63) is 49.1 Å². The van der Waals surface area contributed by atoms with Crippen LogP contribution in [0.1, 0.15) is 39.0 Å². The minimum atomic E-state index is 1.16. The van der Waals surface area contributed by atoms with E-state index in [1.54, 1.807) is 6.08 Å². The van der Waals surface area contributed by atoms with E-state index in [2.05, 4.69) is 37.8 Å². The summed E-state index contributed by atoms with van der Waals surface area (Å²) in [6, 6.07) is 0. The molecule has 0 radical (unpaired) electrons. The first-order valence-electron chi connectivity index (χ1n) is 5.51. The van der Waals surface area contributed by atoms with Crippen LogP contribution in [0.4, 0.5) is 0 Å². The summed E-state index contributed by atoms with van der Waals surface area (Å²) in [6.45, 7) is 5.81. The Bertz CT molecular complexity index is 194. The van der Waals surface area contributed by atoms with Gasteiger partial charge in [-0.1, -0.05) is 62.5 Å². The van der Waals surface area contributed by atoms with Gasteiger partial charge in [-0.2, -0.15) is 0 Å². The Labute approximate surface area is 88.7 Å². The summed E-state index contributed by atoms with van der Waals surface area (Å²) >= 11 is 0. The molecule has 0 aliphatic heterocycles. The van der Waals surface area contributed by atoms with Gasteiger partial charge in [0.1, 0.15) is 0 Å². The van der Waals surface area contributed by atoms with E-state index in [0.717, 1.165) is 6.42 Å². The predicted molar refractivity (Wildman–Crippen MR) is 66.4 cm³/mol. The highest BCUT2D eigenvalue weighted by atomic mass is 13.9. The fourth-order valence-corrected chi connectivity index (χ4v) is 1.07. The molecular weight excluding hydrogens is 168 g/mol. The second-order valence-electron chi connectivity index (χ2n) is 3.24. The Hall–Kier alpha value is -1.04. The summed E-state index contributed by atoms with van der Waals surface area (Å²) in [5.74, 6) is 0. The summed E-state index contributed by atoms with van der Waals surface area (Å²) in [6.07, 6.45) is 20.7. The topological polar surface area (TPSA) is 0 Å². The van der Waals surface area contributed by atoms with Crippen LogP contribution in [-0.4, -0.2) is 0 Å². The number of hydrogen-bond donors (Lipinski definition) is 0. The van der Waals surface area contributed by atoms with Crippen LogP contribution < -0.4 is 0 Å². The lowest BCUT2D eigenvalue weighted by Crippen LogP contribution is -1.69. The first-order chi connectivity index (χ1) is 6.91. The Balaban J connectivity index is 3.24. The van der Waals surface area contributed by atoms with Crippen LogP contribution in [0.15, 0.2) is 49.1 Å². The second-order valence-corrected chi connectivity index (χ2v) is 3.24. The van der Waals surface area contributed by atoms with Gasteiger partial charge in [0.15, 0.2) is 0 Å². The van der Waals surface area contributed by atoms with Gasteiger partial charge in [0.05, 0.1) is 0 Å². The van der Waals surface area contributed by atoms with Crippen molar-refractivity contribution in [2.45, 2.75) is 39.0 Å². The fourth-order valence-electron chi connectivity index (χ4n) is 1.07. The standard InChI is InChI=1S/C14H22/c1-3-5-7-9-11-13-14-12-10-8-6-4-2/h3,5,7-11H,1,4,6,12-14H2,2H3. The van der Waals surface area contributed by atoms with E-state index in [1.165, 1.54) is 25.7 Å². The van der Waals surface area contributed by atoms with Gasteiger partial charge < -0.3 is 0 Å². The lowest BCUT2D eigenvalue weighted by molar-refractivity contribution is 0.859. The van der Waals surface area contributed by atoms with Crippen molar-refractivity contribution in [3.8, 4) is 0 Å². The van der Waals surface area contributed by atoms with Gasteiger partial charge in [-0.25, -0.2) is 0 Å². The Morgan fingerprint density at radius 1 is 0.857 bits per heavy atom. The van der Waals surface area contributed by atoms with E-state index < -0.39 is 0 Å². The molecule has 0 rings (SSSR count). The average Bonchev–Trinajstić information content (AvgIpc) is 2.21. The molecule has 0 nitrogen and oxygen atoms in total. The summed E-state index contributed by atoms with van der Waals surface area (Å²) in [5, 5.41) is 0. The minimum absolute atomic E-state index is 1.16. The van der Waals surface area contributed by atoms with Crippen molar-refractivity contribution >= 4 is 0 Å². The van der Waals surface area contributed by atoms with Crippen LogP contribution in [0.2, 0.25) is 0 Å². The van der Waals surface area contributed by atoms with E-state index >= 15 is 0 Å². The molecule has 0 aromatic heterocycles. The van der Waals surface area contributed by atoms with Crippen molar-refractivity contribution in [2.24, 2.45) is 0 Å². The molecule has 0 atom stereocenters. The molecule has 78 valence electrons. The van der Waals surface area contributed by atoms with Gasteiger partial charge in [0, 0.05) is 0 Å². The van der Waals surface area contributed by atoms with E-state index in [9.17, 15) is 0 Å². The average molecular weight is 190 g/mol. The molecular formula is C14H22. The maximum Gasteiger partial charge on any atom is -0.0345 e. The molecule has 0 saturated heterocycles. The molecule has 0 aromatic rings. The van der Waals surface area contributed by atoms with Crippen molar-refractivity contribution in [1.29, 1.82) is 0 Å². The SMILES string of the molecule is C=CC=CC=CCCCC=CCCC. The molecule has 0 fully saturated rings. The Morgan fingerprint density at radius 3 is 2.29 bits per heavy atom. The van der Waals surface area contributed by atoms with Crippen LogP contribution in [0, 0.1) is 0 Å². The van der Waals surface area contributed by atoms with E-state index in [0.29, 0.717) is 0 Å². The number of unbranched alkanes of at least 4 members (excludes halogenated alkanes) is 3. The fraction of sp³-hybridized carbons (Fsp3) is 0.429. The first kappa shape index (κ1) is 13.0. The van der Waals surface area contributed by atoms with Crippen molar-refractivity contribution in [1.82, 2.24) is 0 Å². The van der Waals surface area contributed by atoms with Crippen LogP contribution in [-0.2, 0) is 0 Å². The summed E-state index contributed by atoms with van der Waals surface area (Å²) in [4.78, 5) is 0. The maximum atomic E-state index is 3.61. The molecule has 0 spiro atoms. The Morgan fingerprint density at radius 2 is 1.57 bits per heavy atom. The minimum Gasteiger partial charge on any atom is -0.0991 e. The van der Waals surface area contributed by atoms with Crippen LogP contribution in [0.5, 0.6) is 0 Å². The third kappa shape index (κ3) is 11.0. The number of allylic oxidation sites excluding steroid dienone is 7. The van der Waals surface area contributed by atoms with Gasteiger partial charge in [-0.3, -0.25) is 0 Å². The first-order valence-corrected chi connectivity index (χ1v) is 5.51. The highest BCUT2D eigenvalue weighted by molar-refractivity contribution is 5.08. The van der Waals surface area contributed by atoms with Crippen molar-refractivity contribution in [3.63, 3.8) is 0 Å². The predicted octanol–water partition coefficient (Wildman–Crippen LogP) is 4.81. The zero-order chi connectivity index (χ0) is 10.5. The molecule has 0 heterocycles. The van der Waals surface area contributed by atoms with Gasteiger partial charge in [-0.05, 0) is 25.7 Å². The quantitative estimate of drug-likeness (QED) is 0.293. The smallest absolute Gasteiger partial charge is 0.0345 e. The zero-order valence-corrected chi connectivity index (χ0v) is 9.28. The lowest BCUT2D eigenvalue weighted by atomic mass is 10.2. The van der Waals surface area contributed by atoms with Crippen LogP contribution >= 0.6 is 0 Å². The molecule has 0 heteroatoms. The van der Waals surface area contributed by atoms with Gasteiger partial charge >= 0.3 is 0 Å². The monoisotopic (exact) mass is 190 g/mol. The molecule has 0 aliphatic carbocycles. The summed E-state index contributed by atoms with van der Waals surface area (Å²) in [5.41, 5.74) is 0. The van der Waals surface area contributed by atoms with Crippen LogP contribution in [0.25, 0.3) is 0 Å². The van der Waals surface area contributed by atoms with E-state index in [1.807, 2.05) is 12.2 Å². The number of rotatable bonds is 8. The summed E-state index contributed by atoms with van der Waals surface area (Å²) < 4.78 is 0.